The summed E-state index contributed by atoms with van der Waals surface area (Å²) in [6, 6.07) is 29.1. The van der Waals surface area contributed by atoms with E-state index in [-0.39, 0.29) is 29.9 Å². The summed E-state index contributed by atoms with van der Waals surface area (Å²) >= 11 is 0. The zero-order valence-electron chi connectivity index (χ0n) is 31.9. The highest BCUT2D eigenvalue weighted by Crippen LogP contribution is 2.36. The van der Waals surface area contributed by atoms with E-state index in [9.17, 15) is 19.5 Å². The minimum Gasteiger partial charge on any atom is -0.465 e. The Morgan fingerprint density at radius 1 is 0.667 bits per heavy atom. The third-order valence-electron chi connectivity index (χ3n) is 11.0. The zero-order valence-corrected chi connectivity index (χ0v) is 31.9. The maximum Gasteiger partial charge on any atom is 0.405 e. The number of H-pyrrole nitrogens is 2. The van der Waals surface area contributed by atoms with Gasteiger partial charge in [0.2, 0.25) is 5.91 Å². The van der Waals surface area contributed by atoms with E-state index in [4.69, 9.17) is 9.97 Å². The van der Waals surface area contributed by atoms with Gasteiger partial charge in [-0.25, -0.2) is 14.8 Å². The number of hydrogen-bond donors (Lipinski definition) is 4. The predicted octanol–water partition coefficient (Wildman–Crippen LogP) is 7.17. The van der Waals surface area contributed by atoms with Crippen LogP contribution in [0.2, 0.25) is 0 Å². The molecule has 0 spiro atoms. The standard InChI is InChI=1S/C44H45N9O4/c1-51(2)39(31-13-7-4-8-14-31)43(55)53-24-10-16-37(53)41-47-27-35(49-41)32-21-22-33(45-25-32)28-17-19-29(20-18-28)34-26-46-40(48-34)36-15-9-23-52(36)42(54)38(50-44(56)57)30-11-5-3-6-12-30/h3-8,11-14,17-22,25-27,36-39,50H,9-10,15-16,23-24H2,1-2H3,(H,46,48)(H,47,49)(H,56,57)/t36-,37-,38+,39+/m0/s1. The molecule has 13 heteroatoms. The van der Waals surface area contributed by atoms with E-state index in [2.05, 4.69) is 20.3 Å². The SMILES string of the molecule is CN(C)[C@@H](C(=O)N1CCC[C@H]1c1ncc(-c2ccc(-c3ccc(-c4cnc([C@@H]5CCCN5C(=O)[C@H](NC(=O)O)c5ccccc5)[nH]4)cc3)nc2)[nH]1)c1ccccc1. The fourth-order valence-corrected chi connectivity index (χ4v) is 8.16. The number of hydrogen-bond acceptors (Lipinski definition) is 7. The number of nitrogens with one attached hydrogen (secondary N) is 3. The van der Waals surface area contributed by atoms with Crippen LogP contribution >= 0.6 is 0 Å². The third-order valence-corrected chi connectivity index (χ3v) is 11.0. The average molecular weight is 764 g/mol. The van der Waals surface area contributed by atoms with Crippen molar-refractivity contribution >= 4 is 17.9 Å². The van der Waals surface area contributed by atoms with Crippen LogP contribution in [0.5, 0.6) is 0 Å². The largest absolute Gasteiger partial charge is 0.465 e. The lowest BCUT2D eigenvalue weighted by Crippen LogP contribution is -2.42. The second-order valence-electron chi connectivity index (χ2n) is 14.8. The summed E-state index contributed by atoms with van der Waals surface area (Å²) < 4.78 is 0. The van der Waals surface area contributed by atoms with Crippen molar-refractivity contribution in [2.45, 2.75) is 49.9 Å². The molecule has 57 heavy (non-hydrogen) atoms. The lowest BCUT2D eigenvalue weighted by atomic mass is 10.0. The molecule has 0 bridgehead atoms. The first-order valence-electron chi connectivity index (χ1n) is 19.3. The number of pyridine rings is 1. The van der Waals surface area contributed by atoms with Crippen LogP contribution in [0, 0.1) is 0 Å². The summed E-state index contributed by atoms with van der Waals surface area (Å²) in [5.74, 6) is 1.22. The topological polar surface area (TPSA) is 163 Å². The fraction of sp³-hybridized carbons (Fsp3) is 0.273. The molecule has 290 valence electrons. The number of amides is 3. The number of nitrogens with zero attached hydrogens (tertiary/aromatic N) is 6. The molecule has 4 N–H and O–H groups in total. The average Bonchev–Trinajstić information content (AvgIpc) is 4.08. The van der Waals surface area contributed by atoms with E-state index < -0.39 is 12.1 Å². The van der Waals surface area contributed by atoms with Crippen LogP contribution in [0.1, 0.15) is 72.6 Å². The van der Waals surface area contributed by atoms with E-state index in [0.29, 0.717) is 24.5 Å². The van der Waals surface area contributed by atoms with Gasteiger partial charge in [-0.05, 0) is 68.6 Å². The van der Waals surface area contributed by atoms with Crippen molar-refractivity contribution in [3.8, 4) is 33.8 Å². The first kappa shape index (κ1) is 37.3. The molecule has 0 radical (unpaired) electrons. The van der Waals surface area contributed by atoms with Gasteiger partial charge in [0.1, 0.15) is 23.7 Å². The van der Waals surface area contributed by atoms with Crippen LogP contribution in [0.15, 0.2) is 116 Å². The predicted molar refractivity (Wildman–Crippen MR) is 215 cm³/mol. The Balaban J connectivity index is 0.930. The first-order chi connectivity index (χ1) is 27.7. The smallest absolute Gasteiger partial charge is 0.405 e. The van der Waals surface area contributed by atoms with E-state index in [1.54, 1.807) is 35.4 Å². The number of likely N-dealkylation sites (N-methyl/N-ethyl adjacent to an activating group) is 1. The lowest BCUT2D eigenvalue weighted by molar-refractivity contribution is -0.137. The minimum atomic E-state index is -1.26. The Bertz CT molecular complexity index is 2330. The highest BCUT2D eigenvalue weighted by Gasteiger charge is 2.38. The van der Waals surface area contributed by atoms with E-state index in [1.807, 2.05) is 109 Å². The van der Waals surface area contributed by atoms with Gasteiger partial charge in [0.15, 0.2) is 0 Å². The molecule has 8 rings (SSSR count). The number of carbonyl (C=O) groups is 3. The quantitative estimate of drug-likeness (QED) is 0.108. The van der Waals surface area contributed by atoms with E-state index in [0.717, 1.165) is 70.8 Å². The van der Waals surface area contributed by atoms with Crippen molar-refractivity contribution in [3.05, 3.63) is 138 Å². The van der Waals surface area contributed by atoms with Gasteiger partial charge in [0.05, 0.1) is 41.6 Å². The van der Waals surface area contributed by atoms with Gasteiger partial charge >= 0.3 is 6.09 Å². The highest BCUT2D eigenvalue weighted by molar-refractivity contribution is 5.87. The van der Waals surface area contributed by atoms with Gasteiger partial charge in [-0.3, -0.25) is 19.5 Å². The summed E-state index contributed by atoms with van der Waals surface area (Å²) in [7, 11) is 3.88. The molecule has 13 nitrogen and oxygen atoms in total. The maximum absolute atomic E-state index is 13.9. The van der Waals surface area contributed by atoms with Gasteiger partial charge in [0, 0.05) is 30.4 Å². The van der Waals surface area contributed by atoms with Gasteiger partial charge in [0.25, 0.3) is 5.91 Å². The molecule has 6 aromatic rings. The minimum absolute atomic E-state index is 0.0774. The first-order valence-corrected chi connectivity index (χ1v) is 19.3. The number of likely N-dealkylation sites (tertiary alicyclic amines) is 2. The van der Waals surface area contributed by atoms with Gasteiger partial charge in [-0.15, -0.1) is 0 Å². The number of imidazole rings is 2. The Morgan fingerprint density at radius 3 is 1.74 bits per heavy atom. The summed E-state index contributed by atoms with van der Waals surface area (Å²) in [6.45, 7) is 1.20. The Morgan fingerprint density at radius 2 is 1.19 bits per heavy atom. The molecule has 3 aromatic carbocycles. The zero-order chi connectivity index (χ0) is 39.5. The van der Waals surface area contributed by atoms with E-state index >= 15 is 0 Å². The van der Waals surface area contributed by atoms with Crippen molar-refractivity contribution in [2.24, 2.45) is 0 Å². The van der Waals surface area contributed by atoms with Crippen molar-refractivity contribution < 1.29 is 19.5 Å². The van der Waals surface area contributed by atoms with Gasteiger partial charge < -0.3 is 30.2 Å². The monoisotopic (exact) mass is 763 g/mol. The molecule has 2 saturated heterocycles. The summed E-state index contributed by atoms with van der Waals surface area (Å²) in [6.07, 6.45) is 7.44. The van der Waals surface area contributed by atoms with Crippen LogP contribution in [0.4, 0.5) is 4.79 Å². The molecular formula is C44H45N9O4. The molecular weight excluding hydrogens is 719 g/mol. The summed E-state index contributed by atoms with van der Waals surface area (Å²) in [4.78, 5) is 65.9. The van der Waals surface area contributed by atoms with Gasteiger partial charge in [-0.1, -0.05) is 84.9 Å². The van der Waals surface area contributed by atoms with E-state index in [1.165, 1.54) is 0 Å². The highest BCUT2D eigenvalue weighted by atomic mass is 16.4. The molecule has 2 aliphatic rings. The summed E-state index contributed by atoms with van der Waals surface area (Å²) in [5.41, 5.74) is 6.84. The number of aromatic amines is 2. The van der Waals surface area contributed by atoms with Crippen LogP contribution in [0.3, 0.4) is 0 Å². The molecule has 5 heterocycles. The van der Waals surface area contributed by atoms with Crippen molar-refractivity contribution in [3.63, 3.8) is 0 Å². The maximum atomic E-state index is 13.9. The number of aromatic nitrogens is 5. The second-order valence-corrected chi connectivity index (χ2v) is 14.8. The second kappa shape index (κ2) is 16.2. The molecule has 2 aliphatic heterocycles. The number of benzene rings is 3. The van der Waals surface area contributed by atoms with Crippen LogP contribution in [-0.4, -0.2) is 89.8 Å². The molecule has 3 aromatic heterocycles. The Labute approximate surface area is 330 Å². The normalized spacial score (nSPS) is 17.8. The van der Waals surface area contributed by atoms with Gasteiger partial charge in [-0.2, -0.15) is 0 Å². The molecule has 4 atom stereocenters. The summed E-state index contributed by atoms with van der Waals surface area (Å²) in [5, 5.41) is 11.9. The lowest BCUT2D eigenvalue weighted by Gasteiger charge is -2.31. The number of carboxylic acid groups (broad SMARTS) is 1. The van der Waals surface area contributed by atoms with Crippen molar-refractivity contribution in [1.82, 2.24) is 44.9 Å². The fourth-order valence-electron chi connectivity index (χ4n) is 8.16. The molecule has 2 fully saturated rings. The van der Waals surface area contributed by atoms with Crippen molar-refractivity contribution in [2.75, 3.05) is 27.2 Å². The molecule has 0 saturated carbocycles. The molecule has 0 aliphatic carbocycles. The van der Waals surface area contributed by atoms with Crippen LogP contribution in [-0.2, 0) is 9.59 Å². The molecule has 3 amide bonds. The Hall–Kier alpha value is -6.60. The third kappa shape index (κ3) is 7.79. The Kier molecular flexibility index (Phi) is 10.6. The van der Waals surface area contributed by atoms with Crippen LogP contribution in [0.25, 0.3) is 33.8 Å². The number of carbonyl (C=O) groups excluding carboxylic acids is 2. The molecule has 0 unspecified atom stereocenters. The number of rotatable bonds is 11. The van der Waals surface area contributed by atoms with Crippen molar-refractivity contribution in [1.29, 1.82) is 0 Å². The van der Waals surface area contributed by atoms with Crippen LogP contribution < -0.4 is 5.32 Å².